The van der Waals surface area contributed by atoms with Crippen LogP contribution in [0.1, 0.15) is 29.0 Å². The number of hydrogen-bond acceptors (Lipinski definition) is 7. The smallest absolute Gasteiger partial charge is 0.267 e. The van der Waals surface area contributed by atoms with Gasteiger partial charge in [0.15, 0.2) is 11.5 Å². The van der Waals surface area contributed by atoms with Gasteiger partial charge < -0.3 is 15.4 Å². The molecular weight excluding hydrogens is 308 g/mol. The molecule has 3 rings (SSSR count). The van der Waals surface area contributed by atoms with Gasteiger partial charge in [-0.05, 0) is 18.2 Å². The molecule has 0 aliphatic carbocycles. The topological polar surface area (TPSA) is 118 Å². The Balaban J connectivity index is 1.58. The van der Waals surface area contributed by atoms with Crippen molar-refractivity contribution in [1.82, 2.24) is 15.2 Å². The summed E-state index contributed by atoms with van der Waals surface area (Å²) in [7, 11) is 0. The average Bonchev–Trinajstić information content (AvgIpc) is 2.63. The van der Waals surface area contributed by atoms with E-state index in [-0.39, 0.29) is 11.8 Å². The van der Waals surface area contributed by atoms with E-state index in [1.165, 1.54) is 6.20 Å². The largest absolute Gasteiger partial charge is 0.490 e. The van der Waals surface area contributed by atoms with E-state index in [1.807, 2.05) is 6.07 Å². The molecule has 2 aromatic heterocycles. The van der Waals surface area contributed by atoms with Crippen molar-refractivity contribution >= 4 is 11.7 Å². The van der Waals surface area contributed by atoms with Crippen molar-refractivity contribution in [3.63, 3.8) is 0 Å². The molecular formula is C16H16N6O2. The highest BCUT2D eigenvalue weighted by Crippen LogP contribution is 2.22. The molecule has 1 aliphatic rings. The quantitative estimate of drug-likeness (QED) is 0.887. The first-order valence-electron chi connectivity index (χ1n) is 7.57. The monoisotopic (exact) mass is 324 g/mol. The van der Waals surface area contributed by atoms with Gasteiger partial charge in [-0.15, -0.1) is 10.2 Å². The van der Waals surface area contributed by atoms with Crippen LogP contribution in [-0.4, -0.2) is 40.3 Å². The first kappa shape index (κ1) is 15.7. The second-order valence-corrected chi connectivity index (χ2v) is 5.43. The van der Waals surface area contributed by atoms with Crippen LogP contribution in [0, 0.1) is 11.3 Å². The Kier molecular flexibility index (Phi) is 4.52. The van der Waals surface area contributed by atoms with E-state index < -0.39 is 5.91 Å². The molecule has 8 heteroatoms. The van der Waals surface area contributed by atoms with Gasteiger partial charge in [0.2, 0.25) is 0 Å². The Labute approximate surface area is 138 Å². The fraction of sp³-hybridized carbons (Fsp3) is 0.312. The lowest BCUT2D eigenvalue weighted by Crippen LogP contribution is -2.38. The number of nitriles is 1. The number of nitrogens with zero attached hydrogens (tertiary/aromatic N) is 5. The lowest BCUT2D eigenvalue weighted by Gasteiger charge is -2.32. The predicted octanol–water partition coefficient (Wildman–Crippen LogP) is 0.890. The summed E-state index contributed by atoms with van der Waals surface area (Å²) in [5.41, 5.74) is 5.72. The molecule has 1 amide bonds. The molecule has 24 heavy (non-hydrogen) atoms. The van der Waals surface area contributed by atoms with Crippen LogP contribution in [0.15, 0.2) is 30.5 Å². The summed E-state index contributed by atoms with van der Waals surface area (Å²) < 4.78 is 5.91. The van der Waals surface area contributed by atoms with E-state index in [0.29, 0.717) is 11.4 Å². The second-order valence-electron chi connectivity index (χ2n) is 5.43. The summed E-state index contributed by atoms with van der Waals surface area (Å²) in [5, 5.41) is 16.7. The highest BCUT2D eigenvalue weighted by atomic mass is 16.5. The normalized spacial score (nSPS) is 14.9. The van der Waals surface area contributed by atoms with Crippen molar-refractivity contribution in [2.45, 2.75) is 18.9 Å². The fourth-order valence-electron chi connectivity index (χ4n) is 2.57. The van der Waals surface area contributed by atoms with E-state index in [4.69, 9.17) is 15.7 Å². The number of nitrogens with two attached hydrogens (primary N) is 1. The molecule has 1 saturated heterocycles. The van der Waals surface area contributed by atoms with E-state index in [1.54, 1.807) is 24.3 Å². The molecule has 2 aromatic rings. The summed E-state index contributed by atoms with van der Waals surface area (Å²) >= 11 is 0. The number of aromatic nitrogens is 3. The van der Waals surface area contributed by atoms with Gasteiger partial charge in [-0.2, -0.15) is 5.26 Å². The van der Waals surface area contributed by atoms with Crippen LogP contribution in [0.4, 0.5) is 5.82 Å². The minimum absolute atomic E-state index is 0.0516. The molecule has 0 aromatic carbocycles. The van der Waals surface area contributed by atoms with Gasteiger partial charge in [-0.25, -0.2) is 0 Å². The third-order valence-corrected chi connectivity index (χ3v) is 3.82. The summed E-state index contributed by atoms with van der Waals surface area (Å²) in [6.45, 7) is 1.55. The number of carbonyl (C=O) groups excluding carboxylic acids is 1. The highest BCUT2D eigenvalue weighted by Gasteiger charge is 2.22. The lowest BCUT2D eigenvalue weighted by molar-refractivity contribution is 0.0994. The van der Waals surface area contributed by atoms with Crippen molar-refractivity contribution in [3.05, 3.63) is 41.9 Å². The van der Waals surface area contributed by atoms with Gasteiger partial charge in [-0.1, -0.05) is 0 Å². The van der Waals surface area contributed by atoms with Gasteiger partial charge in [0.05, 0.1) is 0 Å². The molecule has 0 unspecified atom stereocenters. The van der Waals surface area contributed by atoms with Crippen LogP contribution in [-0.2, 0) is 0 Å². The van der Waals surface area contributed by atoms with Gasteiger partial charge in [-0.3, -0.25) is 9.78 Å². The first-order chi connectivity index (χ1) is 11.7. The van der Waals surface area contributed by atoms with Crippen LogP contribution in [0.25, 0.3) is 0 Å². The first-order valence-corrected chi connectivity index (χ1v) is 7.57. The number of primary amides is 1. The Morgan fingerprint density at radius 3 is 2.71 bits per heavy atom. The summed E-state index contributed by atoms with van der Waals surface area (Å²) in [4.78, 5) is 17.2. The van der Waals surface area contributed by atoms with Crippen LogP contribution in [0.3, 0.4) is 0 Å². The number of ether oxygens (including phenoxy) is 1. The molecule has 1 aliphatic heterocycles. The molecule has 0 saturated carbocycles. The molecule has 0 bridgehead atoms. The summed E-state index contributed by atoms with van der Waals surface area (Å²) in [5.74, 6) is 0.775. The van der Waals surface area contributed by atoms with Crippen molar-refractivity contribution in [1.29, 1.82) is 5.26 Å². The minimum atomic E-state index is -0.574. The van der Waals surface area contributed by atoms with Gasteiger partial charge in [0.25, 0.3) is 5.91 Å². The zero-order valence-electron chi connectivity index (χ0n) is 12.9. The molecule has 2 N–H and O–H groups in total. The predicted molar refractivity (Wildman–Crippen MR) is 85.4 cm³/mol. The van der Waals surface area contributed by atoms with Crippen molar-refractivity contribution < 1.29 is 9.53 Å². The molecule has 0 atom stereocenters. The maximum absolute atomic E-state index is 11.2. The molecule has 122 valence electrons. The van der Waals surface area contributed by atoms with Crippen LogP contribution in [0.2, 0.25) is 0 Å². The molecule has 1 fully saturated rings. The van der Waals surface area contributed by atoms with Gasteiger partial charge in [0, 0.05) is 38.2 Å². The second kappa shape index (κ2) is 6.91. The van der Waals surface area contributed by atoms with Gasteiger partial charge in [0.1, 0.15) is 23.6 Å². The Morgan fingerprint density at radius 1 is 1.29 bits per heavy atom. The molecule has 8 nitrogen and oxygen atoms in total. The van der Waals surface area contributed by atoms with Crippen LogP contribution >= 0.6 is 0 Å². The van der Waals surface area contributed by atoms with E-state index in [0.717, 1.165) is 31.7 Å². The lowest BCUT2D eigenvalue weighted by atomic mass is 10.1. The Hall–Kier alpha value is -3.21. The third kappa shape index (κ3) is 3.57. The Bertz CT molecular complexity index is 763. The minimum Gasteiger partial charge on any atom is -0.490 e. The maximum atomic E-state index is 11.2. The number of carbonyl (C=O) groups is 1. The van der Waals surface area contributed by atoms with E-state index in [2.05, 4.69) is 20.1 Å². The number of anilines is 1. The highest BCUT2D eigenvalue weighted by molar-refractivity contribution is 5.91. The summed E-state index contributed by atoms with van der Waals surface area (Å²) in [6, 6.07) is 8.68. The van der Waals surface area contributed by atoms with Crippen molar-refractivity contribution in [3.8, 4) is 11.8 Å². The SMILES string of the molecule is N#Cc1ccc(N2CCC(Oc3ccnc(C(N)=O)c3)CC2)nn1. The van der Waals surface area contributed by atoms with Crippen LogP contribution < -0.4 is 15.4 Å². The van der Waals surface area contributed by atoms with Gasteiger partial charge >= 0.3 is 0 Å². The number of rotatable bonds is 4. The number of piperidine rings is 1. The third-order valence-electron chi connectivity index (χ3n) is 3.82. The number of pyridine rings is 1. The number of hydrogen-bond donors (Lipinski definition) is 1. The maximum Gasteiger partial charge on any atom is 0.267 e. The van der Waals surface area contributed by atoms with E-state index >= 15 is 0 Å². The Morgan fingerprint density at radius 2 is 2.08 bits per heavy atom. The van der Waals surface area contributed by atoms with E-state index in [9.17, 15) is 4.79 Å². The average molecular weight is 324 g/mol. The molecule has 0 radical (unpaired) electrons. The standard InChI is InChI=1S/C16H16N6O2/c17-10-11-1-2-15(21-20-11)22-7-4-12(5-8-22)24-13-3-6-19-14(9-13)16(18)23/h1-3,6,9,12H,4-5,7-8H2,(H2,18,23). The molecule has 0 spiro atoms. The van der Waals surface area contributed by atoms with Crippen LogP contribution in [0.5, 0.6) is 5.75 Å². The molecule has 3 heterocycles. The fourth-order valence-corrected chi connectivity index (χ4v) is 2.57. The zero-order valence-corrected chi connectivity index (χ0v) is 12.9. The number of amides is 1. The zero-order chi connectivity index (χ0) is 16.9. The van der Waals surface area contributed by atoms with Crippen molar-refractivity contribution in [2.75, 3.05) is 18.0 Å². The summed E-state index contributed by atoms with van der Waals surface area (Å²) in [6.07, 6.45) is 3.19. The van der Waals surface area contributed by atoms with Crippen molar-refractivity contribution in [2.24, 2.45) is 5.73 Å².